The molecule has 1 aromatic carbocycles. The molecule has 1 unspecified atom stereocenters. The van der Waals surface area contributed by atoms with Crippen molar-refractivity contribution in [3.8, 4) is 0 Å². The number of anilines is 2. The van der Waals surface area contributed by atoms with Crippen LogP contribution in [0.2, 0.25) is 0 Å². The first-order chi connectivity index (χ1) is 13.1. The first kappa shape index (κ1) is 18.8. The van der Waals surface area contributed by atoms with Crippen LogP contribution >= 0.6 is 0 Å². The van der Waals surface area contributed by atoms with Crippen LogP contribution in [0.4, 0.5) is 11.6 Å². The van der Waals surface area contributed by atoms with E-state index in [0.717, 1.165) is 32.2 Å². The summed E-state index contributed by atoms with van der Waals surface area (Å²) in [4.78, 5) is 35.3. The Morgan fingerprint density at radius 2 is 2.07 bits per heavy atom. The molecule has 1 fully saturated rings. The minimum absolute atomic E-state index is 0.0757. The van der Waals surface area contributed by atoms with Crippen LogP contribution in [-0.4, -0.2) is 46.4 Å². The maximum absolute atomic E-state index is 12.9. The van der Waals surface area contributed by atoms with Gasteiger partial charge in [-0.25, -0.2) is 14.8 Å². The normalized spacial score (nSPS) is 16.7. The second-order valence-corrected chi connectivity index (χ2v) is 6.48. The van der Waals surface area contributed by atoms with Crippen LogP contribution in [0.25, 0.3) is 0 Å². The molecule has 0 spiro atoms. The molecule has 1 amide bonds. The number of carbonyl (C=O) groups is 2. The standard InChI is InChI=1S/C20H24N4O3/c1-3-14-8-6-7-13-24(14)18(25)17-11-12-21-20(23-17)22-16-10-5-4-9-15(16)19(26)27-2/h4-5,9-12,14H,3,6-8,13H2,1-2H3,(H,21,22,23). The van der Waals surface area contributed by atoms with Gasteiger partial charge in [0, 0.05) is 18.8 Å². The quantitative estimate of drug-likeness (QED) is 0.814. The van der Waals surface area contributed by atoms with E-state index in [1.165, 1.54) is 7.11 Å². The van der Waals surface area contributed by atoms with E-state index >= 15 is 0 Å². The Morgan fingerprint density at radius 1 is 1.26 bits per heavy atom. The number of likely N-dealkylation sites (tertiary alicyclic amines) is 1. The third-order valence-corrected chi connectivity index (χ3v) is 4.81. The largest absolute Gasteiger partial charge is 0.465 e. The van der Waals surface area contributed by atoms with Gasteiger partial charge in [0.25, 0.3) is 5.91 Å². The van der Waals surface area contributed by atoms with E-state index in [1.807, 2.05) is 4.90 Å². The Bertz CT molecular complexity index is 824. The summed E-state index contributed by atoms with van der Waals surface area (Å²) in [5.74, 6) is -0.264. The number of methoxy groups -OCH3 is 1. The van der Waals surface area contributed by atoms with E-state index in [1.54, 1.807) is 36.5 Å². The van der Waals surface area contributed by atoms with Crippen molar-refractivity contribution >= 4 is 23.5 Å². The molecule has 1 saturated heterocycles. The van der Waals surface area contributed by atoms with Gasteiger partial charge in [-0.05, 0) is 43.9 Å². The molecule has 0 bridgehead atoms. The van der Waals surface area contributed by atoms with Gasteiger partial charge >= 0.3 is 5.97 Å². The fourth-order valence-corrected chi connectivity index (χ4v) is 3.38. The Labute approximate surface area is 158 Å². The van der Waals surface area contributed by atoms with Gasteiger partial charge in [0.1, 0.15) is 5.69 Å². The molecule has 1 aliphatic heterocycles. The Balaban J connectivity index is 1.82. The summed E-state index contributed by atoms with van der Waals surface area (Å²) in [5, 5.41) is 3.02. The summed E-state index contributed by atoms with van der Waals surface area (Å²) < 4.78 is 4.80. The Morgan fingerprint density at radius 3 is 2.85 bits per heavy atom. The van der Waals surface area contributed by atoms with Gasteiger partial charge in [-0.1, -0.05) is 19.1 Å². The number of ether oxygens (including phenoxy) is 1. The molecule has 0 saturated carbocycles. The summed E-state index contributed by atoms with van der Waals surface area (Å²) in [6.07, 6.45) is 5.70. The second-order valence-electron chi connectivity index (χ2n) is 6.48. The maximum atomic E-state index is 12.9. The summed E-state index contributed by atoms with van der Waals surface area (Å²) in [6.45, 7) is 2.86. The number of nitrogens with one attached hydrogen (secondary N) is 1. The lowest BCUT2D eigenvalue weighted by atomic mass is 9.99. The van der Waals surface area contributed by atoms with Crippen LogP contribution in [0, 0.1) is 0 Å². The summed E-state index contributed by atoms with van der Waals surface area (Å²) in [5.41, 5.74) is 1.25. The number of hydrogen-bond donors (Lipinski definition) is 1. The van der Waals surface area contributed by atoms with Gasteiger partial charge in [-0.2, -0.15) is 0 Å². The molecular weight excluding hydrogens is 344 g/mol. The zero-order valence-electron chi connectivity index (χ0n) is 15.6. The van der Waals surface area contributed by atoms with Crippen molar-refractivity contribution in [1.29, 1.82) is 0 Å². The van der Waals surface area contributed by atoms with Gasteiger partial charge in [0.05, 0.1) is 18.4 Å². The lowest BCUT2D eigenvalue weighted by molar-refractivity contribution is 0.0593. The van der Waals surface area contributed by atoms with Crippen molar-refractivity contribution in [2.24, 2.45) is 0 Å². The van der Waals surface area contributed by atoms with Gasteiger partial charge in [-0.3, -0.25) is 4.79 Å². The number of esters is 1. The fraction of sp³-hybridized carbons (Fsp3) is 0.400. The van der Waals surface area contributed by atoms with Crippen molar-refractivity contribution in [2.75, 3.05) is 19.0 Å². The zero-order valence-corrected chi connectivity index (χ0v) is 15.6. The summed E-state index contributed by atoms with van der Waals surface area (Å²) in [7, 11) is 1.33. The predicted molar refractivity (Wildman–Crippen MR) is 102 cm³/mol. The predicted octanol–water partition coefficient (Wildman–Crippen LogP) is 3.41. The molecule has 142 valence electrons. The van der Waals surface area contributed by atoms with E-state index < -0.39 is 5.97 Å². The van der Waals surface area contributed by atoms with Crippen molar-refractivity contribution in [1.82, 2.24) is 14.9 Å². The van der Waals surface area contributed by atoms with Gasteiger partial charge in [0.2, 0.25) is 5.95 Å². The average molecular weight is 368 g/mol. The molecule has 2 aromatic rings. The molecule has 27 heavy (non-hydrogen) atoms. The number of nitrogens with zero attached hydrogens (tertiary/aromatic N) is 3. The molecule has 7 nitrogen and oxygen atoms in total. The fourth-order valence-electron chi connectivity index (χ4n) is 3.38. The van der Waals surface area contributed by atoms with Gasteiger partial charge in [-0.15, -0.1) is 0 Å². The maximum Gasteiger partial charge on any atom is 0.339 e. The number of rotatable bonds is 5. The first-order valence-electron chi connectivity index (χ1n) is 9.22. The lowest BCUT2D eigenvalue weighted by Crippen LogP contribution is -2.43. The van der Waals surface area contributed by atoms with Gasteiger partial charge < -0.3 is 15.0 Å². The number of benzene rings is 1. The number of aromatic nitrogens is 2. The number of amides is 1. The van der Waals surface area contributed by atoms with Crippen molar-refractivity contribution in [2.45, 2.75) is 38.6 Å². The van der Waals surface area contributed by atoms with Crippen LogP contribution < -0.4 is 5.32 Å². The van der Waals surface area contributed by atoms with Crippen molar-refractivity contribution in [3.63, 3.8) is 0 Å². The van der Waals surface area contributed by atoms with Crippen LogP contribution in [-0.2, 0) is 4.74 Å². The van der Waals surface area contributed by atoms with Crippen LogP contribution in [0.1, 0.15) is 53.5 Å². The topological polar surface area (TPSA) is 84.4 Å². The van der Waals surface area contributed by atoms with E-state index in [4.69, 9.17) is 4.74 Å². The first-order valence-corrected chi connectivity index (χ1v) is 9.22. The minimum Gasteiger partial charge on any atom is -0.465 e. The lowest BCUT2D eigenvalue weighted by Gasteiger charge is -2.35. The van der Waals surface area contributed by atoms with Crippen LogP contribution in [0.5, 0.6) is 0 Å². The van der Waals surface area contributed by atoms with E-state index in [9.17, 15) is 9.59 Å². The molecule has 0 aliphatic carbocycles. The third-order valence-electron chi connectivity index (χ3n) is 4.81. The smallest absolute Gasteiger partial charge is 0.339 e. The Kier molecular flexibility index (Phi) is 6.01. The summed E-state index contributed by atoms with van der Waals surface area (Å²) >= 11 is 0. The highest BCUT2D eigenvalue weighted by Gasteiger charge is 2.27. The van der Waals surface area contributed by atoms with Crippen LogP contribution in [0.15, 0.2) is 36.5 Å². The highest BCUT2D eigenvalue weighted by atomic mass is 16.5. The monoisotopic (exact) mass is 368 g/mol. The highest BCUT2D eigenvalue weighted by molar-refractivity contribution is 5.96. The molecule has 2 heterocycles. The number of para-hydroxylation sites is 1. The second kappa shape index (κ2) is 8.62. The van der Waals surface area contributed by atoms with E-state index in [2.05, 4.69) is 22.2 Å². The third kappa shape index (κ3) is 4.24. The molecule has 7 heteroatoms. The molecule has 1 aliphatic rings. The number of hydrogen-bond acceptors (Lipinski definition) is 6. The van der Waals surface area contributed by atoms with Crippen molar-refractivity contribution in [3.05, 3.63) is 47.8 Å². The average Bonchev–Trinajstić information content (AvgIpc) is 2.73. The zero-order chi connectivity index (χ0) is 19.2. The number of piperidine rings is 1. The van der Waals surface area contributed by atoms with Crippen molar-refractivity contribution < 1.29 is 14.3 Å². The molecule has 1 N–H and O–H groups in total. The van der Waals surface area contributed by atoms with E-state index in [-0.39, 0.29) is 17.9 Å². The molecule has 3 rings (SSSR count). The number of carbonyl (C=O) groups excluding carboxylic acids is 2. The molecule has 0 radical (unpaired) electrons. The van der Waals surface area contributed by atoms with Crippen LogP contribution in [0.3, 0.4) is 0 Å². The molecule has 1 atom stereocenters. The SMILES string of the molecule is CCC1CCCCN1C(=O)c1ccnc(Nc2ccccc2C(=O)OC)n1. The Hall–Kier alpha value is -2.96. The minimum atomic E-state index is -0.454. The molecular formula is C20H24N4O3. The van der Waals surface area contributed by atoms with E-state index in [0.29, 0.717) is 16.9 Å². The highest BCUT2D eigenvalue weighted by Crippen LogP contribution is 2.23. The summed E-state index contributed by atoms with van der Waals surface area (Å²) in [6, 6.07) is 8.83. The molecule has 1 aromatic heterocycles. The van der Waals surface area contributed by atoms with Gasteiger partial charge in [0.15, 0.2) is 0 Å².